The third kappa shape index (κ3) is 1.92. The average Bonchev–Trinajstić information content (AvgIpc) is 1.86. The van der Waals surface area contributed by atoms with Crippen molar-refractivity contribution in [3.05, 3.63) is 24.3 Å². The zero-order valence-electron chi connectivity index (χ0n) is 3.72. The van der Waals surface area contributed by atoms with Gasteiger partial charge < -0.3 is 0 Å². The van der Waals surface area contributed by atoms with Gasteiger partial charge in [0.25, 0.3) is 0 Å². The van der Waals surface area contributed by atoms with E-state index in [0.29, 0.717) is 0 Å². The summed E-state index contributed by atoms with van der Waals surface area (Å²) in [5.41, 5.74) is 0. The van der Waals surface area contributed by atoms with E-state index < -0.39 is 0 Å². The summed E-state index contributed by atoms with van der Waals surface area (Å²) < 4.78 is 0. The molecule has 1 nitrogen and oxygen atoms in total. The molecular formula is C5H4OSn. The van der Waals surface area contributed by atoms with E-state index in [2.05, 4.69) is 0 Å². The molecule has 0 N–H and O–H groups in total. The molecule has 0 bridgehead atoms. The number of ketones is 1. The summed E-state index contributed by atoms with van der Waals surface area (Å²) in [6.45, 7) is 0. The first-order valence-corrected chi connectivity index (χ1v) is 1.78. The van der Waals surface area contributed by atoms with Crippen LogP contribution in [0.3, 0.4) is 0 Å². The van der Waals surface area contributed by atoms with Gasteiger partial charge in [0.1, 0.15) is 0 Å². The van der Waals surface area contributed by atoms with Crippen LogP contribution < -0.4 is 0 Å². The topological polar surface area (TPSA) is 17.1 Å². The SMILES string of the molecule is O=C1C=CC=C1.[Sn]. The zero-order chi connectivity index (χ0) is 4.41. The number of carbonyl (C=O) groups is 1. The predicted molar refractivity (Wildman–Crippen MR) is 29.0 cm³/mol. The molecular weight excluding hydrogens is 195 g/mol. The molecule has 34 valence electrons. The third-order valence-corrected chi connectivity index (χ3v) is 0.632. The monoisotopic (exact) mass is 200 g/mol. The maximum absolute atomic E-state index is 10.1. The molecule has 7 heavy (non-hydrogen) atoms. The summed E-state index contributed by atoms with van der Waals surface area (Å²) in [5, 5.41) is 0. The molecule has 0 heterocycles. The van der Waals surface area contributed by atoms with Crippen molar-refractivity contribution in [2.24, 2.45) is 0 Å². The van der Waals surface area contributed by atoms with Crippen LogP contribution in [0.5, 0.6) is 0 Å². The van der Waals surface area contributed by atoms with Crippen LogP contribution in [-0.4, -0.2) is 29.7 Å². The smallest absolute Gasteiger partial charge is 0.178 e. The fourth-order valence-corrected chi connectivity index (χ4v) is 0.356. The fourth-order valence-electron chi connectivity index (χ4n) is 0.356. The maximum Gasteiger partial charge on any atom is 0.178 e. The Bertz CT molecular complexity index is 110. The van der Waals surface area contributed by atoms with E-state index in [9.17, 15) is 4.79 Å². The van der Waals surface area contributed by atoms with E-state index in [1.807, 2.05) is 0 Å². The second kappa shape index (κ2) is 3.02. The Kier molecular flexibility index (Phi) is 3.00. The van der Waals surface area contributed by atoms with Gasteiger partial charge in [0, 0.05) is 23.9 Å². The van der Waals surface area contributed by atoms with Gasteiger partial charge >= 0.3 is 0 Å². The number of rotatable bonds is 0. The van der Waals surface area contributed by atoms with Gasteiger partial charge in [-0.25, -0.2) is 0 Å². The summed E-state index contributed by atoms with van der Waals surface area (Å²) in [6.07, 6.45) is 6.50. The van der Waals surface area contributed by atoms with E-state index in [0.717, 1.165) is 0 Å². The van der Waals surface area contributed by atoms with E-state index in [1.165, 1.54) is 12.2 Å². The van der Waals surface area contributed by atoms with Gasteiger partial charge in [0.15, 0.2) is 5.78 Å². The van der Waals surface area contributed by atoms with Crippen LogP contribution in [-0.2, 0) is 4.79 Å². The minimum Gasteiger partial charge on any atom is -0.290 e. The molecule has 0 spiro atoms. The molecule has 1 aliphatic carbocycles. The summed E-state index contributed by atoms with van der Waals surface area (Å²) in [7, 11) is 0. The first-order chi connectivity index (χ1) is 2.89. The van der Waals surface area contributed by atoms with E-state index >= 15 is 0 Å². The van der Waals surface area contributed by atoms with Crippen LogP contribution in [0.1, 0.15) is 0 Å². The van der Waals surface area contributed by atoms with Crippen molar-refractivity contribution in [2.45, 2.75) is 0 Å². The number of carbonyl (C=O) groups excluding carboxylic acids is 1. The van der Waals surface area contributed by atoms with Crippen LogP contribution in [0.15, 0.2) is 24.3 Å². The molecule has 1 rings (SSSR count). The minimum absolute atomic E-state index is 0. The van der Waals surface area contributed by atoms with Crippen LogP contribution >= 0.6 is 0 Å². The summed E-state index contributed by atoms with van der Waals surface area (Å²) in [5.74, 6) is 0.0926. The van der Waals surface area contributed by atoms with Gasteiger partial charge in [-0.2, -0.15) is 0 Å². The molecule has 4 radical (unpaired) electrons. The molecule has 0 aromatic rings. The van der Waals surface area contributed by atoms with Crippen molar-refractivity contribution in [3.63, 3.8) is 0 Å². The van der Waals surface area contributed by atoms with Gasteiger partial charge in [-0.05, 0) is 12.2 Å². The summed E-state index contributed by atoms with van der Waals surface area (Å²) >= 11 is 0. The first kappa shape index (κ1) is 6.95. The fraction of sp³-hybridized carbons (Fsp3) is 0. The molecule has 0 unspecified atom stereocenters. The van der Waals surface area contributed by atoms with Gasteiger partial charge in [0.05, 0.1) is 0 Å². The minimum atomic E-state index is 0. The number of allylic oxidation sites excluding steroid dienone is 4. The first-order valence-electron chi connectivity index (χ1n) is 1.78. The van der Waals surface area contributed by atoms with Crippen molar-refractivity contribution in [1.29, 1.82) is 0 Å². The Morgan fingerprint density at radius 2 is 1.57 bits per heavy atom. The van der Waals surface area contributed by atoms with Crippen LogP contribution in [0, 0.1) is 0 Å². The molecule has 0 aromatic carbocycles. The maximum atomic E-state index is 10.1. The molecule has 2 heteroatoms. The van der Waals surface area contributed by atoms with Crippen LogP contribution in [0.4, 0.5) is 0 Å². The molecule has 0 saturated carbocycles. The Morgan fingerprint density at radius 3 is 1.71 bits per heavy atom. The van der Waals surface area contributed by atoms with Crippen LogP contribution in [0.25, 0.3) is 0 Å². The molecule has 0 aliphatic heterocycles. The quantitative estimate of drug-likeness (QED) is 0.512. The van der Waals surface area contributed by atoms with Gasteiger partial charge in [-0.15, -0.1) is 0 Å². The Hall–Kier alpha value is -0.0513. The average molecular weight is 199 g/mol. The summed E-state index contributed by atoms with van der Waals surface area (Å²) in [6, 6.07) is 0. The second-order valence-electron chi connectivity index (χ2n) is 1.12. The number of hydrogen-bond acceptors (Lipinski definition) is 1. The van der Waals surface area contributed by atoms with Crippen molar-refractivity contribution in [3.8, 4) is 0 Å². The van der Waals surface area contributed by atoms with Crippen molar-refractivity contribution in [2.75, 3.05) is 0 Å². The van der Waals surface area contributed by atoms with Gasteiger partial charge in [-0.1, -0.05) is 12.2 Å². The Balaban J connectivity index is 0.000000360. The zero-order valence-corrected chi connectivity index (χ0v) is 6.57. The van der Waals surface area contributed by atoms with E-state index in [4.69, 9.17) is 0 Å². The predicted octanol–water partition coefficient (Wildman–Crippen LogP) is 0.301. The van der Waals surface area contributed by atoms with E-state index in [1.54, 1.807) is 12.2 Å². The second-order valence-corrected chi connectivity index (χ2v) is 1.12. The molecule has 0 fully saturated rings. The Morgan fingerprint density at radius 1 is 1.14 bits per heavy atom. The molecule has 0 saturated heterocycles. The van der Waals surface area contributed by atoms with Crippen LogP contribution in [0.2, 0.25) is 0 Å². The largest absolute Gasteiger partial charge is 0.290 e. The normalized spacial score (nSPS) is 14.6. The van der Waals surface area contributed by atoms with Crippen molar-refractivity contribution >= 4 is 29.7 Å². The molecule has 0 aromatic heterocycles. The summed E-state index contributed by atoms with van der Waals surface area (Å²) in [4.78, 5) is 10.1. The van der Waals surface area contributed by atoms with Crippen molar-refractivity contribution in [1.82, 2.24) is 0 Å². The molecule has 0 amide bonds. The third-order valence-electron chi connectivity index (χ3n) is 0.632. The van der Waals surface area contributed by atoms with E-state index in [-0.39, 0.29) is 29.7 Å². The molecule has 1 aliphatic rings. The standard InChI is InChI=1S/C5H4O.Sn/c6-5-3-1-2-4-5;/h1-4H;. The van der Waals surface area contributed by atoms with Crippen molar-refractivity contribution < 1.29 is 4.79 Å². The molecule has 0 atom stereocenters. The van der Waals surface area contributed by atoms with Gasteiger partial charge in [0.2, 0.25) is 0 Å². The van der Waals surface area contributed by atoms with Gasteiger partial charge in [-0.3, -0.25) is 4.79 Å². The number of hydrogen-bond donors (Lipinski definition) is 0. The Labute approximate surface area is 59.1 Å².